The first-order chi connectivity index (χ1) is 16.2. The van der Waals surface area contributed by atoms with Crippen molar-refractivity contribution in [2.24, 2.45) is 0 Å². The highest BCUT2D eigenvalue weighted by Crippen LogP contribution is 2.28. The molecule has 2 N–H and O–H groups in total. The summed E-state index contributed by atoms with van der Waals surface area (Å²) in [4.78, 5) is 25.9. The van der Waals surface area contributed by atoms with Crippen LogP contribution in [0.1, 0.15) is 43.6 Å². The summed E-state index contributed by atoms with van der Waals surface area (Å²) in [5.41, 5.74) is 3.39. The fourth-order valence-corrected chi connectivity index (χ4v) is 4.25. The van der Waals surface area contributed by atoms with Crippen LogP contribution in [-0.2, 0) is 18.9 Å². The number of fused-ring (bicyclic) bond motifs is 2. The normalized spacial score (nSPS) is 13.9. The number of hydrogen-bond donors (Lipinski definition) is 2. The number of halogens is 2. The SMILES string of the molecule is CC(C)n1c(=O)c2cnc(Nc3ccc4c(c3)CCNC4)nc2n1-c1ccnc(C(C)(F)F)c1. The third kappa shape index (κ3) is 3.94. The third-order valence-corrected chi connectivity index (χ3v) is 5.90. The molecule has 0 unspecified atom stereocenters. The predicted octanol–water partition coefficient (Wildman–Crippen LogP) is 4.06. The van der Waals surface area contributed by atoms with Gasteiger partial charge in [-0.05, 0) is 62.2 Å². The highest BCUT2D eigenvalue weighted by Gasteiger charge is 2.27. The Morgan fingerprint density at radius 1 is 1.15 bits per heavy atom. The highest BCUT2D eigenvalue weighted by molar-refractivity contribution is 5.77. The van der Waals surface area contributed by atoms with Gasteiger partial charge in [-0.15, -0.1) is 0 Å². The Morgan fingerprint density at radius 3 is 2.74 bits per heavy atom. The zero-order valence-corrected chi connectivity index (χ0v) is 19.1. The molecule has 0 atom stereocenters. The molecule has 34 heavy (non-hydrogen) atoms. The molecule has 0 bridgehead atoms. The van der Waals surface area contributed by atoms with Gasteiger partial charge in [-0.3, -0.25) is 9.78 Å². The maximum atomic E-state index is 14.0. The standard InChI is InChI=1S/C24H25F2N7O/c1-14(2)32-22(34)19-13-29-23(30-17-5-4-16-12-27-8-6-15(16)10-17)31-21(19)33(32)18-7-9-28-20(11-18)24(3,25)26/h4-5,7,9-11,13-14,27H,6,8,12H2,1-3H3,(H,29,30,31). The quantitative estimate of drug-likeness (QED) is 0.462. The molecule has 1 aliphatic heterocycles. The first kappa shape index (κ1) is 22.1. The monoisotopic (exact) mass is 465 g/mol. The van der Waals surface area contributed by atoms with Gasteiger partial charge in [0.05, 0.1) is 5.69 Å². The Kier molecular flexibility index (Phi) is 5.40. The average Bonchev–Trinajstić information content (AvgIpc) is 3.10. The van der Waals surface area contributed by atoms with Crippen LogP contribution in [0.4, 0.5) is 20.4 Å². The Hall–Kier alpha value is -3.66. The number of nitrogens with one attached hydrogen (secondary N) is 2. The summed E-state index contributed by atoms with van der Waals surface area (Å²) in [5, 5.41) is 6.87. The van der Waals surface area contributed by atoms with E-state index in [1.807, 2.05) is 19.9 Å². The minimum Gasteiger partial charge on any atom is -0.324 e. The number of pyridine rings is 1. The molecule has 4 aromatic rings. The largest absolute Gasteiger partial charge is 0.324 e. The molecule has 0 fully saturated rings. The lowest BCUT2D eigenvalue weighted by Crippen LogP contribution is -2.24. The topological polar surface area (TPSA) is 89.7 Å². The molecule has 0 spiro atoms. The number of rotatable bonds is 5. The maximum Gasteiger partial charge on any atom is 0.287 e. The molecule has 10 heteroatoms. The van der Waals surface area contributed by atoms with Gasteiger partial charge in [0.15, 0.2) is 5.65 Å². The molecule has 0 saturated carbocycles. The zero-order valence-electron chi connectivity index (χ0n) is 19.1. The number of anilines is 2. The van der Waals surface area contributed by atoms with Crippen LogP contribution in [0.25, 0.3) is 16.7 Å². The summed E-state index contributed by atoms with van der Waals surface area (Å²) in [6, 6.07) is 8.73. The molecule has 4 heterocycles. The molecular formula is C24H25F2N7O. The predicted molar refractivity (Wildman–Crippen MR) is 126 cm³/mol. The van der Waals surface area contributed by atoms with E-state index in [1.165, 1.54) is 34.3 Å². The zero-order chi connectivity index (χ0) is 24.0. The molecule has 0 radical (unpaired) electrons. The molecular weight excluding hydrogens is 440 g/mol. The van der Waals surface area contributed by atoms with E-state index in [9.17, 15) is 13.6 Å². The average molecular weight is 466 g/mol. The second kappa shape index (κ2) is 8.28. The molecule has 1 aromatic carbocycles. The Labute approximate surface area is 194 Å². The van der Waals surface area contributed by atoms with Gasteiger partial charge in [0, 0.05) is 37.6 Å². The Morgan fingerprint density at radius 2 is 1.97 bits per heavy atom. The van der Waals surface area contributed by atoms with Crippen molar-refractivity contribution in [2.75, 3.05) is 11.9 Å². The molecule has 8 nitrogen and oxygen atoms in total. The fourth-order valence-electron chi connectivity index (χ4n) is 4.25. The molecule has 0 amide bonds. The summed E-state index contributed by atoms with van der Waals surface area (Å²) < 4.78 is 31.0. The minimum atomic E-state index is -3.12. The van der Waals surface area contributed by atoms with Gasteiger partial charge in [-0.2, -0.15) is 13.8 Å². The molecule has 0 aliphatic carbocycles. The third-order valence-electron chi connectivity index (χ3n) is 5.90. The van der Waals surface area contributed by atoms with Gasteiger partial charge in [0.2, 0.25) is 5.95 Å². The van der Waals surface area contributed by atoms with Crippen LogP contribution in [0.5, 0.6) is 0 Å². The highest BCUT2D eigenvalue weighted by atomic mass is 19.3. The minimum absolute atomic E-state index is 0.244. The van der Waals surface area contributed by atoms with Crippen LogP contribution in [0, 0.1) is 0 Å². The number of benzene rings is 1. The van der Waals surface area contributed by atoms with Crippen molar-refractivity contribution < 1.29 is 8.78 Å². The van der Waals surface area contributed by atoms with Crippen LogP contribution >= 0.6 is 0 Å². The summed E-state index contributed by atoms with van der Waals surface area (Å²) in [6.07, 6.45) is 3.72. The summed E-state index contributed by atoms with van der Waals surface area (Å²) in [7, 11) is 0. The first-order valence-corrected chi connectivity index (χ1v) is 11.2. The lowest BCUT2D eigenvalue weighted by molar-refractivity contribution is 0.0127. The molecule has 176 valence electrons. The summed E-state index contributed by atoms with van der Waals surface area (Å²) >= 11 is 0. The van der Waals surface area contributed by atoms with Gasteiger partial charge in [-0.25, -0.2) is 14.3 Å². The van der Waals surface area contributed by atoms with E-state index in [0.29, 0.717) is 22.7 Å². The van der Waals surface area contributed by atoms with Gasteiger partial charge in [0.1, 0.15) is 11.1 Å². The number of nitrogens with zero attached hydrogens (tertiary/aromatic N) is 5. The van der Waals surface area contributed by atoms with Gasteiger partial charge in [-0.1, -0.05) is 6.07 Å². The summed E-state index contributed by atoms with van der Waals surface area (Å²) in [5.74, 6) is -2.81. The van der Waals surface area contributed by atoms with Crippen molar-refractivity contribution in [2.45, 2.75) is 45.7 Å². The number of aromatic nitrogens is 5. The molecule has 3 aromatic heterocycles. The Bertz CT molecular complexity index is 1440. The Balaban J connectivity index is 1.63. The second-order valence-electron chi connectivity index (χ2n) is 8.81. The van der Waals surface area contributed by atoms with Crippen molar-refractivity contribution >= 4 is 22.7 Å². The van der Waals surface area contributed by atoms with E-state index in [2.05, 4.69) is 37.7 Å². The van der Waals surface area contributed by atoms with Crippen molar-refractivity contribution in [3.63, 3.8) is 0 Å². The number of hydrogen-bond acceptors (Lipinski definition) is 6. The van der Waals surface area contributed by atoms with Crippen LogP contribution in [-0.4, -0.2) is 30.9 Å². The summed E-state index contributed by atoms with van der Waals surface area (Å²) in [6.45, 7) is 6.27. The van der Waals surface area contributed by atoms with E-state index in [4.69, 9.17) is 0 Å². The van der Waals surface area contributed by atoms with Crippen LogP contribution < -0.4 is 16.2 Å². The van der Waals surface area contributed by atoms with Crippen molar-refractivity contribution in [3.05, 3.63) is 69.9 Å². The van der Waals surface area contributed by atoms with E-state index in [1.54, 1.807) is 10.7 Å². The van der Waals surface area contributed by atoms with Gasteiger partial charge >= 0.3 is 0 Å². The molecule has 1 aliphatic rings. The molecule has 0 saturated heterocycles. The molecule has 5 rings (SSSR count). The first-order valence-electron chi connectivity index (χ1n) is 11.2. The van der Waals surface area contributed by atoms with Crippen LogP contribution in [0.15, 0.2) is 47.5 Å². The van der Waals surface area contributed by atoms with Gasteiger partial charge in [0.25, 0.3) is 11.5 Å². The van der Waals surface area contributed by atoms with Crippen LogP contribution in [0.2, 0.25) is 0 Å². The van der Waals surface area contributed by atoms with E-state index in [-0.39, 0.29) is 17.3 Å². The lowest BCUT2D eigenvalue weighted by atomic mass is 10.0. The fraction of sp³-hybridized carbons (Fsp3) is 0.333. The number of alkyl halides is 2. The van der Waals surface area contributed by atoms with Crippen molar-refractivity contribution in [3.8, 4) is 5.69 Å². The van der Waals surface area contributed by atoms with Crippen molar-refractivity contribution in [1.82, 2.24) is 29.6 Å². The lowest BCUT2D eigenvalue weighted by Gasteiger charge is -2.18. The smallest absolute Gasteiger partial charge is 0.287 e. The van der Waals surface area contributed by atoms with Crippen molar-refractivity contribution in [1.29, 1.82) is 0 Å². The van der Waals surface area contributed by atoms with E-state index < -0.39 is 5.92 Å². The van der Waals surface area contributed by atoms with E-state index in [0.717, 1.165) is 32.1 Å². The second-order valence-corrected chi connectivity index (χ2v) is 8.81. The van der Waals surface area contributed by atoms with Crippen LogP contribution in [0.3, 0.4) is 0 Å². The van der Waals surface area contributed by atoms with Gasteiger partial charge < -0.3 is 10.6 Å². The maximum absolute atomic E-state index is 14.0. The van der Waals surface area contributed by atoms with E-state index >= 15 is 0 Å².